The second kappa shape index (κ2) is 6.75. The number of hydrogen-bond donors (Lipinski definition) is 0. The second-order valence-corrected chi connectivity index (χ2v) is 4.52. The Labute approximate surface area is 113 Å². The first-order valence-corrected chi connectivity index (χ1v) is 6.40. The Kier molecular flexibility index (Phi) is 5.62. The first kappa shape index (κ1) is 15.0. The fourth-order valence-corrected chi connectivity index (χ4v) is 2.06. The molecule has 18 heavy (non-hydrogen) atoms. The summed E-state index contributed by atoms with van der Waals surface area (Å²) in [4.78, 5) is 14.2. The lowest BCUT2D eigenvalue weighted by Gasteiger charge is -2.21. The number of nitrogens with zero attached hydrogens (tertiary/aromatic N) is 3. The third-order valence-corrected chi connectivity index (χ3v) is 3.10. The first-order chi connectivity index (χ1) is 8.52. The molecular formula is C12H20ClN3O2. The summed E-state index contributed by atoms with van der Waals surface area (Å²) >= 11 is 5.74. The summed E-state index contributed by atoms with van der Waals surface area (Å²) in [5.74, 6) is 0.379. The monoisotopic (exact) mass is 273 g/mol. The van der Waals surface area contributed by atoms with Crippen LogP contribution in [-0.4, -0.2) is 53.3 Å². The van der Waals surface area contributed by atoms with Crippen LogP contribution >= 0.6 is 11.6 Å². The number of ether oxygens (including phenoxy) is 1. The van der Waals surface area contributed by atoms with Crippen LogP contribution in [0.25, 0.3) is 0 Å². The molecule has 1 amide bonds. The van der Waals surface area contributed by atoms with Crippen molar-refractivity contribution in [2.75, 3.05) is 32.7 Å². The van der Waals surface area contributed by atoms with Crippen molar-refractivity contribution >= 4 is 17.5 Å². The Balaban J connectivity index is 2.94. The fraction of sp³-hybridized carbons (Fsp3) is 0.667. The lowest BCUT2D eigenvalue weighted by atomic mass is 10.1. The first-order valence-electron chi connectivity index (χ1n) is 5.87. The van der Waals surface area contributed by atoms with E-state index in [0.717, 1.165) is 11.4 Å². The third-order valence-electron chi connectivity index (χ3n) is 2.93. The molecule has 0 aromatic carbocycles. The van der Waals surface area contributed by atoms with Crippen molar-refractivity contribution in [3.05, 3.63) is 17.0 Å². The van der Waals surface area contributed by atoms with Gasteiger partial charge in [0.25, 0.3) is 5.91 Å². The molecule has 0 fully saturated rings. The van der Waals surface area contributed by atoms with Crippen LogP contribution in [0.2, 0.25) is 0 Å². The molecule has 1 aromatic rings. The van der Waals surface area contributed by atoms with Gasteiger partial charge in [0, 0.05) is 38.8 Å². The molecule has 0 radical (unpaired) electrons. The van der Waals surface area contributed by atoms with Gasteiger partial charge in [-0.1, -0.05) is 0 Å². The predicted octanol–water partition coefficient (Wildman–Crippen LogP) is 1.36. The number of rotatable bonds is 6. The normalized spacial score (nSPS) is 10.7. The molecule has 0 unspecified atom stereocenters. The van der Waals surface area contributed by atoms with Gasteiger partial charge < -0.3 is 9.64 Å². The molecular weight excluding hydrogens is 254 g/mol. The van der Waals surface area contributed by atoms with Crippen LogP contribution in [0.5, 0.6) is 0 Å². The SMILES string of the molecule is COCCN(CCCl)C(=O)c1c(C)nn(C)c1C. The van der Waals surface area contributed by atoms with Gasteiger partial charge in [-0.05, 0) is 13.8 Å². The number of methoxy groups -OCH3 is 1. The standard InChI is InChI=1S/C12H20ClN3O2/c1-9-11(10(2)15(3)14-9)12(17)16(6-5-13)7-8-18-4/h5-8H2,1-4H3. The third kappa shape index (κ3) is 3.23. The van der Waals surface area contributed by atoms with Gasteiger partial charge in [-0.25, -0.2) is 0 Å². The van der Waals surface area contributed by atoms with E-state index in [1.54, 1.807) is 16.7 Å². The summed E-state index contributed by atoms with van der Waals surface area (Å²) in [5.41, 5.74) is 2.28. The molecule has 102 valence electrons. The zero-order chi connectivity index (χ0) is 13.7. The van der Waals surface area contributed by atoms with Crippen LogP contribution in [0, 0.1) is 13.8 Å². The number of carbonyl (C=O) groups is 1. The molecule has 0 aliphatic carbocycles. The lowest BCUT2D eigenvalue weighted by molar-refractivity contribution is 0.0706. The van der Waals surface area contributed by atoms with E-state index < -0.39 is 0 Å². The van der Waals surface area contributed by atoms with Crippen molar-refractivity contribution in [1.29, 1.82) is 0 Å². The Hall–Kier alpha value is -1.07. The van der Waals surface area contributed by atoms with Gasteiger partial charge in [-0.3, -0.25) is 9.48 Å². The molecule has 0 saturated heterocycles. The average Bonchev–Trinajstić information content (AvgIpc) is 2.58. The van der Waals surface area contributed by atoms with Crippen molar-refractivity contribution in [3.8, 4) is 0 Å². The smallest absolute Gasteiger partial charge is 0.257 e. The van der Waals surface area contributed by atoms with Gasteiger partial charge >= 0.3 is 0 Å². The molecule has 0 atom stereocenters. The highest BCUT2D eigenvalue weighted by Gasteiger charge is 2.22. The van der Waals surface area contributed by atoms with E-state index in [1.165, 1.54) is 0 Å². The summed E-state index contributed by atoms with van der Waals surface area (Å²) in [6, 6.07) is 0. The Morgan fingerprint density at radius 2 is 2.11 bits per heavy atom. The van der Waals surface area contributed by atoms with Crippen molar-refractivity contribution in [2.24, 2.45) is 7.05 Å². The number of amides is 1. The minimum Gasteiger partial charge on any atom is -0.383 e. The number of aromatic nitrogens is 2. The summed E-state index contributed by atoms with van der Waals surface area (Å²) in [5, 5.41) is 4.26. The number of carbonyl (C=O) groups excluding carboxylic acids is 1. The quantitative estimate of drug-likeness (QED) is 0.736. The highest BCUT2D eigenvalue weighted by Crippen LogP contribution is 2.14. The van der Waals surface area contributed by atoms with Crippen LogP contribution < -0.4 is 0 Å². The van der Waals surface area contributed by atoms with E-state index in [9.17, 15) is 4.79 Å². The molecule has 0 aliphatic rings. The van der Waals surface area contributed by atoms with E-state index in [2.05, 4.69) is 5.10 Å². The van der Waals surface area contributed by atoms with E-state index >= 15 is 0 Å². The predicted molar refractivity (Wildman–Crippen MR) is 71.2 cm³/mol. The van der Waals surface area contributed by atoms with Crippen LogP contribution in [0.4, 0.5) is 0 Å². The van der Waals surface area contributed by atoms with Gasteiger partial charge in [-0.15, -0.1) is 11.6 Å². The number of halogens is 1. The maximum atomic E-state index is 12.5. The van der Waals surface area contributed by atoms with E-state index in [0.29, 0.717) is 31.1 Å². The Bertz CT molecular complexity index is 418. The van der Waals surface area contributed by atoms with Gasteiger partial charge in [-0.2, -0.15) is 5.10 Å². The van der Waals surface area contributed by atoms with Crippen LogP contribution in [0.15, 0.2) is 0 Å². The molecule has 0 bridgehead atoms. The van der Waals surface area contributed by atoms with E-state index in [1.807, 2.05) is 20.9 Å². The van der Waals surface area contributed by atoms with Crippen molar-refractivity contribution in [1.82, 2.24) is 14.7 Å². The zero-order valence-electron chi connectivity index (χ0n) is 11.4. The largest absolute Gasteiger partial charge is 0.383 e. The van der Waals surface area contributed by atoms with E-state index in [4.69, 9.17) is 16.3 Å². The molecule has 1 heterocycles. The number of aryl methyl sites for hydroxylation is 2. The maximum absolute atomic E-state index is 12.5. The molecule has 0 N–H and O–H groups in total. The van der Waals surface area contributed by atoms with Crippen LogP contribution in [-0.2, 0) is 11.8 Å². The van der Waals surface area contributed by atoms with Gasteiger partial charge in [0.2, 0.25) is 0 Å². The van der Waals surface area contributed by atoms with Gasteiger partial charge in [0.05, 0.1) is 17.9 Å². The average molecular weight is 274 g/mol. The maximum Gasteiger partial charge on any atom is 0.257 e. The molecule has 6 heteroatoms. The Morgan fingerprint density at radius 1 is 1.44 bits per heavy atom. The van der Waals surface area contributed by atoms with Crippen LogP contribution in [0.3, 0.4) is 0 Å². The molecule has 0 saturated carbocycles. The molecule has 0 spiro atoms. The minimum absolute atomic E-state index is 0.0317. The Morgan fingerprint density at radius 3 is 2.56 bits per heavy atom. The molecule has 0 aliphatic heterocycles. The molecule has 5 nitrogen and oxygen atoms in total. The fourth-order valence-electron chi connectivity index (χ4n) is 1.86. The van der Waals surface area contributed by atoms with E-state index in [-0.39, 0.29) is 5.91 Å². The summed E-state index contributed by atoms with van der Waals surface area (Å²) in [6.45, 7) is 5.28. The van der Waals surface area contributed by atoms with Crippen molar-refractivity contribution in [3.63, 3.8) is 0 Å². The number of hydrogen-bond acceptors (Lipinski definition) is 3. The molecule has 1 aromatic heterocycles. The lowest BCUT2D eigenvalue weighted by Crippen LogP contribution is -2.36. The zero-order valence-corrected chi connectivity index (χ0v) is 12.1. The second-order valence-electron chi connectivity index (χ2n) is 4.14. The molecule has 1 rings (SSSR count). The summed E-state index contributed by atoms with van der Waals surface area (Å²) in [6.07, 6.45) is 0. The van der Waals surface area contributed by atoms with Gasteiger partial charge in [0.15, 0.2) is 0 Å². The van der Waals surface area contributed by atoms with Crippen molar-refractivity contribution < 1.29 is 9.53 Å². The summed E-state index contributed by atoms with van der Waals surface area (Å²) < 4.78 is 6.73. The number of alkyl halides is 1. The van der Waals surface area contributed by atoms with Crippen molar-refractivity contribution in [2.45, 2.75) is 13.8 Å². The minimum atomic E-state index is -0.0317. The highest BCUT2D eigenvalue weighted by molar-refractivity contribution is 6.18. The highest BCUT2D eigenvalue weighted by atomic mass is 35.5. The van der Waals surface area contributed by atoms with Gasteiger partial charge in [0.1, 0.15) is 0 Å². The van der Waals surface area contributed by atoms with Crippen LogP contribution in [0.1, 0.15) is 21.7 Å². The summed E-state index contributed by atoms with van der Waals surface area (Å²) in [7, 11) is 3.45. The topological polar surface area (TPSA) is 47.4 Å².